The highest BCUT2D eigenvalue weighted by molar-refractivity contribution is 5.72. The number of carbonyl (C=O) groups excluding carboxylic acids is 1. The van der Waals surface area contributed by atoms with Gasteiger partial charge in [-0.05, 0) is 18.3 Å². The smallest absolute Gasteiger partial charge is 0.168 e. The van der Waals surface area contributed by atoms with E-state index in [0.717, 1.165) is 5.69 Å². The zero-order valence-corrected chi connectivity index (χ0v) is 5.95. The summed E-state index contributed by atoms with van der Waals surface area (Å²) in [5.74, 6) is 0. The molecule has 0 amide bonds. The standard InChI is InChI=1S/C8H8N2O/c1-2-9-7-3-4-8(6-11)10-5-7/h2-6,9H,1H2. The van der Waals surface area contributed by atoms with Crippen LogP contribution < -0.4 is 5.32 Å². The molecule has 1 heterocycles. The number of aromatic nitrogens is 1. The number of nitrogens with zero attached hydrogens (tertiary/aromatic N) is 1. The minimum Gasteiger partial charge on any atom is -0.361 e. The Labute approximate surface area is 64.8 Å². The van der Waals surface area contributed by atoms with Crippen molar-refractivity contribution in [2.75, 3.05) is 5.32 Å². The number of pyridine rings is 1. The van der Waals surface area contributed by atoms with E-state index in [4.69, 9.17) is 0 Å². The van der Waals surface area contributed by atoms with Crippen LogP contribution in [0.5, 0.6) is 0 Å². The summed E-state index contributed by atoms with van der Waals surface area (Å²) < 4.78 is 0. The molecule has 0 aliphatic heterocycles. The Kier molecular flexibility index (Phi) is 2.38. The molecule has 0 atom stereocenters. The molecule has 3 heteroatoms. The second-order valence-electron chi connectivity index (χ2n) is 1.94. The molecule has 56 valence electrons. The summed E-state index contributed by atoms with van der Waals surface area (Å²) in [6.07, 6.45) is 3.83. The van der Waals surface area contributed by atoms with Crippen LogP contribution in [0.3, 0.4) is 0 Å². The number of hydrogen-bond donors (Lipinski definition) is 1. The van der Waals surface area contributed by atoms with Gasteiger partial charge >= 0.3 is 0 Å². The molecule has 1 aromatic rings. The molecular weight excluding hydrogens is 140 g/mol. The van der Waals surface area contributed by atoms with Crippen molar-refractivity contribution >= 4 is 12.0 Å². The molecule has 0 fully saturated rings. The Morgan fingerprint density at radius 3 is 2.82 bits per heavy atom. The Balaban J connectivity index is 2.81. The Bertz CT molecular complexity index is 253. The predicted molar refractivity (Wildman–Crippen MR) is 43.4 cm³/mol. The van der Waals surface area contributed by atoms with E-state index < -0.39 is 0 Å². The fourth-order valence-corrected chi connectivity index (χ4v) is 0.678. The first-order chi connectivity index (χ1) is 5.36. The highest BCUT2D eigenvalue weighted by atomic mass is 16.1. The maximum atomic E-state index is 10.2. The van der Waals surface area contributed by atoms with Crippen LogP contribution in [0.1, 0.15) is 10.5 Å². The summed E-state index contributed by atoms with van der Waals surface area (Å²) in [4.78, 5) is 14.0. The Morgan fingerprint density at radius 2 is 2.36 bits per heavy atom. The fraction of sp³-hybridized carbons (Fsp3) is 0. The predicted octanol–water partition coefficient (Wildman–Crippen LogP) is 1.45. The van der Waals surface area contributed by atoms with Crippen LogP contribution in [0.4, 0.5) is 5.69 Å². The van der Waals surface area contributed by atoms with Crippen molar-refractivity contribution in [3.63, 3.8) is 0 Å². The molecule has 0 saturated heterocycles. The van der Waals surface area contributed by atoms with Crippen LogP contribution >= 0.6 is 0 Å². The van der Waals surface area contributed by atoms with Crippen molar-refractivity contribution in [2.24, 2.45) is 0 Å². The van der Waals surface area contributed by atoms with Crippen molar-refractivity contribution in [1.82, 2.24) is 4.98 Å². The lowest BCUT2D eigenvalue weighted by molar-refractivity contribution is 0.111. The topological polar surface area (TPSA) is 42.0 Å². The molecule has 0 aliphatic carbocycles. The van der Waals surface area contributed by atoms with E-state index in [1.165, 1.54) is 0 Å². The number of nitrogens with one attached hydrogen (secondary N) is 1. The van der Waals surface area contributed by atoms with Crippen molar-refractivity contribution in [3.8, 4) is 0 Å². The number of hydrogen-bond acceptors (Lipinski definition) is 3. The van der Waals surface area contributed by atoms with E-state index in [1.807, 2.05) is 0 Å². The summed E-state index contributed by atoms with van der Waals surface area (Å²) in [5.41, 5.74) is 1.25. The summed E-state index contributed by atoms with van der Waals surface area (Å²) in [5, 5.41) is 2.84. The van der Waals surface area contributed by atoms with E-state index in [-0.39, 0.29) is 0 Å². The van der Waals surface area contributed by atoms with Crippen LogP contribution in [0.15, 0.2) is 31.1 Å². The number of anilines is 1. The summed E-state index contributed by atoms with van der Waals surface area (Å²) in [6, 6.07) is 3.40. The second-order valence-corrected chi connectivity index (χ2v) is 1.94. The minimum absolute atomic E-state index is 0.430. The lowest BCUT2D eigenvalue weighted by Crippen LogP contribution is -1.89. The van der Waals surface area contributed by atoms with Gasteiger partial charge < -0.3 is 5.32 Å². The SMILES string of the molecule is C=CNc1ccc(C=O)nc1. The molecule has 0 spiro atoms. The maximum Gasteiger partial charge on any atom is 0.168 e. The average Bonchev–Trinajstić information content (AvgIpc) is 2.07. The molecule has 0 radical (unpaired) electrons. The Hall–Kier alpha value is -1.64. The van der Waals surface area contributed by atoms with Gasteiger partial charge in [0.15, 0.2) is 6.29 Å². The Morgan fingerprint density at radius 1 is 1.55 bits per heavy atom. The quantitative estimate of drug-likeness (QED) is 0.659. The first kappa shape index (κ1) is 7.47. The highest BCUT2D eigenvalue weighted by Crippen LogP contribution is 2.03. The lowest BCUT2D eigenvalue weighted by atomic mass is 10.3. The van der Waals surface area contributed by atoms with Crippen molar-refractivity contribution < 1.29 is 4.79 Å². The van der Waals surface area contributed by atoms with Gasteiger partial charge in [-0.1, -0.05) is 6.58 Å². The third kappa shape index (κ3) is 1.89. The van der Waals surface area contributed by atoms with Crippen molar-refractivity contribution in [2.45, 2.75) is 0 Å². The highest BCUT2D eigenvalue weighted by Gasteiger charge is 1.90. The lowest BCUT2D eigenvalue weighted by Gasteiger charge is -1.97. The molecule has 0 saturated carbocycles. The van der Waals surface area contributed by atoms with Gasteiger partial charge in [-0.3, -0.25) is 9.78 Å². The van der Waals surface area contributed by atoms with Crippen LogP contribution in [0, 0.1) is 0 Å². The second kappa shape index (κ2) is 3.51. The van der Waals surface area contributed by atoms with Crippen LogP contribution in [-0.2, 0) is 0 Å². The first-order valence-corrected chi connectivity index (χ1v) is 3.15. The molecular formula is C8H8N2O. The maximum absolute atomic E-state index is 10.2. The van der Waals surface area contributed by atoms with Gasteiger partial charge in [0.05, 0.1) is 11.9 Å². The van der Waals surface area contributed by atoms with E-state index in [0.29, 0.717) is 12.0 Å². The zero-order chi connectivity index (χ0) is 8.10. The number of rotatable bonds is 3. The van der Waals surface area contributed by atoms with Gasteiger partial charge in [0.2, 0.25) is 0 Å². The van der Waals surface area contributed by atoms with Gasteiger partial charge in [0.25, 0.3) is 0 Å². The van der Waals surface area contributed by atoms with E-state index in [1.54, 1.807) is 24.5 Å². The molecule has 0 unspecified atom stereocenters. The molecule has 0 aliphatic rings. The summed E-state index contributed by atoms with van der Waals surface area (Å²) >= 11 is 0. The molecule has 0 bridgehead atoms. The van der Waals surface area contributed by atoms with Crippen molar-refractivity contribution in [3.05, 3.63) is 36.8 Å². The molecule has 11 heavy (non-hydrogen) atoms. The molecule has 1 N–H and O–H groups in total. The van der Waals surface area contributed by atoms with Gasteiger partial charge in [0.1, 0.15) is 5.69 Å². The van der Waals surface area contributed by atoms with Crippen LogP contribution in [-0.4, -0.2) is 11.3 Å². The molecule has 1 rings (SSSR count). The minimum atomic E-state index is 0.430. The van der Waals surface area contributed by atoms with E-state index in [2.05, 4.69) is 16.9 Å². The monoisotopic (exact) mass is 148 g/mol. The third-order valence-corrected chi connectivity index (χ3v) is 1.18. The average molecular weight is 148 g/mol. The third-order valence-electron chi connectivity index (χ3n) is 1.18. The summed E-state index contributed by atoms with van der Waals surface area (Å²) in [7, 11) is 0. The zero-order valence-electron chi connectivity index (χ0n) is 5.95. The fourth-order valence-electron chi connectivity index (χ4n) is 0.678. The number of aldehydes is 1. The van der Waals surface area contributed by atoms with Gasteiger partial charge in [0, 0.05) is 0 Å². The molecule has 0 aromatic carbocycles. The van der Waals surface area contributed by atoms with E-state index in [9.17, 15) is 4.79 Å². The first-order valence-electron chi connectivity index (χ1n) is 3.15. The van der Waals surface area contributed by atoms with E-state index >= 15 is 0 Å². The largest absolute Gasteiger partial charge is 0.361 e. The molecule has 1 aromatic heterocycles. The normalized spacial score (nSPS) is 8.73. The van der Waals surface area contributed by atoms with Crippen molar-refractivity contribution in [1.29, 1.82) is 0 Å². The van der Waals surface area contributed by atoms with Gasteiger partial charge in [-0.25, -0.2) is 0 Å². The van der Waals surface area contributed by atoms with Gasteiger partial charge in [-0.2, -0.15) is 0 Å². The van der Waals surface area contributed by atoms with Crippen LogP contribution in [0.2, 0.25) is 0 Å². The summed E-state index contributed by atoms with van der Waals surface area (Å²) in [6.45, 7) is 3.49. The van der Waals surface area contributed by atoms with Crippen LogP contribution in [0.25, 0.3) is 0 Å². The molecule has 3 nitrogen and oxygen atoms in total. The number of carbonyl (C=O) groups is 1. The van der Waals surface area contributed by atoms with Gasteiger partial charge in [-0.15, -0.1) is 0 Å².